The lowest BCUT2D eigenvalue weighted by molar-refractivity contribution is 1.10. The fraction of sp³-hybridized carbons (Fsp3) is 0.417. The van der Waals surface area contributed by atoms with Crippen molar-refractivity contribution in [2.75, 3.05) is 0 Å². The highest BCUT2D eigenvalue weighted by molar-refractivity contribution is 5.31. The largest absolute Gasteiger partial charge is 0.0648 e. The van der Waals surface area contributed by atoms with E-state index < -0.39 is 0 Å². The van der Waals surface area contributed by atoms with Crippen LogP contribution in [0.15, 0.2) is 24.3 Å². The maximum absolute atomic E-state index is 2.28. The molecule has 0 aromatic heterocycles. The van der Waals surface area contributed by atoms with Gasteiger partial charge < -0.3 is 0 Å². The van der Waals surface area contributed by atoms with Crippen LogP contribution < -0.4 is 0 Å². The standard InChI is InChI=1S/C12H15/c1-2-3-10-4-6-11(7-5-10)12-8-9-12/h3-7,12H,2,8-9H2,1H3. The maximum Gasteiger partial charge on any atom is -0.00958 e. The molecule has 0 heterocycles. The molecule has 0 amide bonds. The first-order chi connectivity index (χ1) is 5.90. The monoisotopic (exact) mass is 159 g/mol. The third kappa shape index (κ3) is 1.69. The Balaban J connectivity index is 2.08. The van der Waals surface area contributed by atoms with Gasteiger partial charge in [0.1, 0.15) is 0 Å². The zero-order valence-corrected chi connectivity index (χ0v) is 7.59. The minimum absolute atomic E-state index is 0.890. The summed E-state index contributed by atoms with van der Waals surface area (Å²) in [5.74, 6) is 0.890. The Morgan fingerprint density at radius 3 is 2.42 bits per heavy atom. The van der Waals surface area contributed by atoms with Gasteiger partial charge >= 0.3 is 0 Å². The highest BCUT2D eigenvalue weighted by atomic mass is 14.3. The maximum atomic E-state index is 2.28. The molecule has 2 rings (SSSR count). The molecule has 1 radical (unpaired) electrons. The van der Waals surface area contributed by atoms with Crippen molar-refractivity contribution in [2.24, 2.45) is 0 Å². The fourth-order valence-electron chi connectivity index (χ4n) is 1.56. The summed E-state index contributed by atoms with van der Waals surface area (Å²) in [6.45, 7) is 2.18. The average molecular weight is 159 g/mol. The Hall–Kier alpha value is -0.780. The average Bonchev–Trinajstić information content (AvgIpc) is 2.89. The molecule has 0 aliphatic heterocycles. The molecule has 0 heteroatoms. The lowest BCUT2D eigenvalue weighted by atomic mass is 10.1. The first-order valence-corrected chi connectivity index (χ1v) is 4.83. The first kappa shape index (κ1) is 7.85. The van der Waals surface area contributed by atoms with Gasteiger partial charge in [0.05, 0.1) is 0 Å². The van der Waals surface area contributed by atoms with E-state index in [0.717, 1.165) is 12.3 Å². The molecule has 1 aromatic rings. The number of hydrogen-bond acceptors (Lipinski definition) is 0. The Morgan fingerprint density at radius 2 is 1.92 bits per heavy atom. The second-order valence-electron chi connectivity index (χ2n) is 3.55. The molecule has 0 spiro atoms. The van der Waals surface area contributed by atoms with Crippen LogP contribution in [0.4, 0.5) is 0 Å². The van der Waals surface area contributed by atoms with Crippen molar-refractivity contribution in [2.45, 2.75) is 32.1 Å². The van der Waals surface area contributed by atoms with Gasteiger partial charge in [-0.1, -0.05) is 31.2 Å². The van der Waals surface area contributed by atoms with Crippen molar-refractivity contribution in [3.63, 3.8) is 0 Å². The third-order valence-electron chi connectivity index (χ3n) is 2.43. The van der Waals surface area contributed by atoms with E-state index in [4.69, 9.17) is 0 Å². The van der Waals surface area contributed by atoms with Crippen LogP contribution in [0, 0.1) is 6.42 Å². The summed E-state index contributed by atoms with van der Waals surface area (Å²) in [5, 5.41) is 0. The Bertz CT molecular complexity index is 241. The molecule has 12 heavy (non-hydrogen) atoms. The van der Waals surface area contributed by atoms with Crippen LogP contribution in [0.5, 0.6) is 0 Å². The highest BCUT2D eigenvalue weighted by Crippen LogP contribution is 2.39. The van der Waals surface area contributed by atoms with E-state index in [1.807, 2.05) is 0 Å². The van der Waals surface area contributed by atoms with Gasteiger partial charge in [-0.15, -0.1) is 0 Å². The number of hydrogen-bond donors (Lipinski definition) is 0. The van der Waals surface area contributed by atoms with Crippen LogP contribution >= 0.6 is 0 Å². The summed E-state index contributed by atoms with van der Waals surface area (Å²) in [4.78, 5) is 0. The van der Waals surface area contributed by atoms with Crippen molar-refractivity contribution in [1.82, 2.24) is 0 Å². The van der Waals surface area contributed by atoms with Gasteiger partial charge in [0.2, 0.25) is 0 Å². The first-order valence-electron chi connectivity index (χ1n) is 4.83. The molecule has 0 saturated heterocycles. The number of rotatable bonds is 3. The van der Waals surface area contributed by atoms with Gasteiger partial charge in [-0.3, -0.25) is 0 Å². The molecule has 1 saturated carbocycles. The Kier molecular flexibility index (Phi) is 2.16. The molecule has 0 bridgehead atoms. The van der Waals surface area contributed by atoms with Crippen molar-refractivity contribution >= 4 is 0 Å². The molecule has 1 aromatic carbocycles. The minimum Gasteiger partial charge on any atom is -0.0648 e. The van der Waals surface area contributed by atoms with Gasteiger partial charge in [0, 0.05) is 0 Å². The third-order valence-corrected chi connectivity index (χ3v) is 2.43. The van der Waals surface area contributed by atoms with Gasteiger partial charge in [-0.2, -0.15) is 0 Å². The zero-order chi connectivity index (χ0) is 8.39. The molecule has 1 aliphatic rings. The zero-order valence-electron chi connectivity index (χ0n) is 7.59. The van der Waals surface area contributed by atoms with Crippen LogP contribution in [0.3, 0.4) is 0 Å². The van der Waals surface area contributed by atoms with Crippen molar-refractivity contribution < 1.29 is 0 Å². The van der Waals surface area contributed by atoms with Crippen LogP contribution in [0.2, 0.25) is 0 Å². The van der Waals surface area contributed by atoms with E-state index >= 15 is 0 Å². The predicted octanol–water partition coefficient (Wildman–Crippen LogP) is 3.53. The van der Waals surface area contributed by atoms with Crippen LogP contribution in [-0.4, -0.2) is 0 Å². The van der Waals surface area contributed by atoms with Crippen molar-refractivity contribution in [1.29, 1.82) is 0 Å². The molecular weight excluding hydrogens is 144 g/mol. The lowest BCUT2D eigenvalue weighted by Crippen LogP contribution is -1.82. The highest BCUT2D eigenvalue weighted by Gasteiger charge is 2.22. The SMILES string of the molecule is CC[CH]c1ccc(C2CC2)cc1. The van der Waals surface area contributed by atoms with Crippen LogP contribution in [0.25, 0.3) is 0 Å². The van der Waals surface area contributed by atoms with Crippen LogP contribution in [0.1, 0.15) is 43.2 Å². The van der Waals surface area contributed by atoms with Gasteiger partial charge in [-0.05, 0) is 42.7 Å². The molecule has 1 aliphatic carbocycles. The summed E-state index contributed by atoms with van der Waals surface area (Å²) < 4.78 is 0. The van der Waals surface area contributed by atoms with Crippen molar-refractivity contribution in [3.8, 4) is 0 Å². The summed E-state index contributed by atoms with van der Waals surface area (Å²) in [6, 6.07) is 9.02. The predicted molar refractivity (Wildman–Crippen MR) is 52.1 cm³/mol. The normalized spacial score (nSPS) is 16.4. The molecule has 1 fully saturated rings. The Labute approximate surface area is 74.6 Å². The quantitative estimate of drug-likeness (QED) is 0.633. The van der Waals surface area contributed by atoms with E-state index in [1.54, 1.807) is 0 Å². The molecule has 63 valence electrons. The van der Waals surface area contributed by atoms with Gasteiger partial charge in [0.15, 0.2) is 0 Å². The molecule has 0 unspecified atom stereocenters. The fourth-order valence-corrected chi connectivity index (χ4v) is 1.56. The summed E-state index contributed by atoms with van der Waals surface area (Å²) in [7, 11) is 0. The summed E-state index contributed by atoms with van der Waals surface area (Å²) >= 11 is 0. The minimum atomic E-state index is 0.890. The molecule has 0 nitrogen and oxygen atoms in total. The second-order valence-corrected chi connectivity index (χ2v) is 3.55. The number of benzene rings is 1. The summed E-state index contributed by atoms with van der Waals surface area (Å²) in [6.07, 6.45) is 6.19. The van der Waals surface area contributed by atoms with E-state index in [-0.39, 0.29) is 0 Å². The van der Waals surface area contributed by atoms with Gasteiger partial charge in [-0.25, -0.2) is 0 Å². The topological polar surface area (TPSA) is 0 Å². The van der Waals surface area contributed by atoms with E-state index in [9.17, 15) is 0 Å². The molecule has 0 atom stereocenters. The molecular formula is C12H15. The lowest BCUT2D eigenvalue weighted by Gasteiger charge is -2.00. The van der Waals surface area contributed by atoms with Crippen molar-refractivity contribution in [3.05, 3.63) is 41.8 Å². The second kappa shape index (κ2) is 3.30. The van der Waals surface area contributed by atoms with E-state index in [2.05, 4.69) is 37.6 Å². The Morgan fingerprint density at radius 1 is 1.25 bits per heavy atom. The summed E-state index contributed by atoms with van der Waals surface area (Å²) in [5.41, 5.74) is 2.89. The van der Waals surface area contributed by atoms with Crippen LogP contribution in [-0.2, 0) is 0 Å². The van der Waals surface area contributed by atoms with E-state index in [0.29, 0.717) is 0 Å². The van der Waals surface area contributed by atoms with Gasteiger partial charge in [0.25, 0.3) is 0 Å². The smallest absolute Gasteiger partial charge is 0.00958 e. The molecule has 0 N–H and O–H groups in total. The van der Waals surface area contributed by atoms with E-state index in [1.165, 1.54) is 24.0 Å².